The van der Waals surface area contributed by atoms with Gasteiger partial charge in [0.1, 0.15) is 13.2 Å². The summed E-state index contributed by atoms with van der Waals surface area (Å²) in [7, 11) is 0. The lowest BCUT2D eigenvalue weighted by molar-refractivity contribution is -0.166. The van der Waals surface area contributed by atoms with Crippen molar-refractivity contribution in [1.29, 1.82) is 0 Å². The molecule has 0 aromatic carbocycles. The number of unbranched alkanes of at least 4 members (excludes halogenated alkanes) is 22. The smallest absolute Gasteiger partial charge is 0.306 e. The lowest BCUT2D eigenvalue weighted by Crippen LogP contribution is -2.30. The molecule has 0 aromatic heterocycles. The van der Waals surface area contributed by atoms with Crippen molar-refractivity contribution in [3.8, 4) is 0 Å². The summed E-state index contributed by atoms with van der Waals surface area (Å²) in [6, 6.07) is 0. The third-order valence-corrected chi connectivity index (χ3v) is 11.1. The van der Waals surface area contributed by atoms with Crippen LogP contribution in [-0.4, -0.2) is 37.2 Å². The molecule has 370 valence electrons. The van der Waals surface area contributed by atoms with Crippen LogP contribution >= 0.6 is 0 Å². The van der Waals surface area contributed by atoms with Crippen LogP contribution in [0.25, 0.3) is 0 Å². The molecule has 0 aliphatic rings. The van der Waals surface area contributed by atoms with Crippen LogP contribution in [0.15, 0.2) is 97.2 Å². The van der Waals surface area contributed by atoms with Crippen LogP contribution in [0.5, 0.6) is 0 Å². The molecule has 0 aliphatic heterocycles. The molecule has 65 heavy (non-hydrogen) atoms. The molecule has 0 amide bonds. The first-order chi connectivity index (χ1) is 32.0. The molecular formula is C59H98O6. The van der Waals surface area contributed by atoms with Crippen molar-refractivity contribution in [2.75, 3.05) is 13.2 Å². The Morgan fingerprint density at radius 1 is 0.338 bits per heavy atom. The van der Waals surface area contributed by atoms with Crippen LogP contribution in [-0.2, 0) is 28.6 Å². The fraction of sp³-hybridized carbons (Fsp3) is 0.678. The van der Waals surface area contributed by atoms with Crippen LogP contribution in [0.1, 0.15) is 239 Å². The molecule has 0 heterocycles. The van der Waals surface area contributed by atoms with E-state index >= 15 is 0 Å². The number of carbonyl (C=O) groups is 3. The van der Waals surface area contributed by atoms with E-state index < -0.39 is 6.10 Å². The third-order valence-electron chi connectivity index (χ3n) is 11.1. The van der Waals surface area contributed by atoms with Crippen molar-refractivity contribution in [2.45, 2.75) is 245 Å². The fourth-order valence-electron chi connectivity index (χ4n) is 7.10. The summed E-state index contributed by atoms with van der Waals surface area (Å²) in [4.78, 5) is 38.0. The Bertz CT molecular complexity index is 1310. The maximum atomic E-state index is 12.8. The summed E-state index contributed by atoms with van der Waals surface area (Å²) in [5.74, 6) is -1.01. The highest BCUT2D eigenvalue weighted by Gasteiger charge is 2.19. The molecule has 0 bridgehead atoms. The van der Waals surface area contributed by atoms with Crippen molar-refractivity contribution in [3.05, 3.63) is 97.2 Å². The lowest BCUT2D eigenvalue weighted by Gasteiger charge is -2.18. The standard InChI is InChI=1S/C59H98O6/c1-4-7-10-13-16-19-22-25-27-29-30-32-34-37-40-43-46-49-52-58(61)64-55-56(54-63-57(60)51-48-45-42-39-36-33-24-21-18-15-12-9-6-3)65-59(62)53-50-47-44-41-38-35-31-28-26-23-20-17-14-11-8-5-2/h8,11,17,20,22,25-30,32-33,36,42,45,56H,4-7,9-10,12-16,18-19,21,23-24,31,34-35,37-41,43-44,46-55H2,1-3H3/b11-8-,20-17-,25-22-,28-26-,29-27-,32-30-,36-33-,45-42-. The minimum Gasteiger partial charge on any atom is -0.462 e. The third kappa shape index (κ3) is 51.2. The number of hydrogen-bond acceptors (Lipinski definition) is 6. The van der Waals surface area contributed by atoms with Gasteiger partial charge in [-0.3, -0.25) is 14.4 Å². The number of rotatable bonds is 47. The number of carbonyl (C=O) groups excluding carboxylic acids is 3. The molecule has 0 rings (SSSR count). The van der Waals surface area contributed by atoms with Gasteiger partial charge in [0.15, 0.2) is 6.10 Å². The van der Waals surface area contributed by atoms with Crippen LogP contribution in [0.4, 0.5) is 0 Å². The highest BCUT2D eigenvalue weighted by molar-refractivity contribution is 5.71. The predicted octanol–water partition coefficient (Wildman–Crippen LogP) is 17.8. The molecule has 1 atom stereocenters. The Morgan fingerprint density at radius 2 is 0.692 bits per heavy atom. The Balaban J connectivity index is 4.51. The zero-order valence-corrected chi connectivity index (χ0v) is 42.2. The van der Waals surface area contributed by atoms with Gasteiger partial charge in [-0.1, -0.05) is 221 Å². The van der Waals surface area contributed by atoms with E-state index in [-0.39, 0.29) is 37.5 Å². The quantitative estimate of drug-likeness (QED) is 0.0199. The molecule has 0 N–H and O–H groups in total. The highest BCUT2D eigenvalue weighted by atomic mass is 16.6. The first-order valence-corrected chi connectivity index (χ1v) is 26.8. The summed E-state index contributed by atoms with van der Waals surface area (Å²) in [5.41, 5.74) is 0. The molecule has 0 spiro atoms. The second-order valence-corrected chi connectivity index (χ2v) is 17.5. The minimum atomic E-state index is -0.816. The average molecular weight is 903 g/mol. The lowest BCUT2D eigenvalue weighted by atomic mass is 10.1. The second kappa shape index (κ2) is 52.9. The van der Waals surface area contributed by atoms with Gasteiger partial charge in [-0.2, -0.15) is 0 Å². The topological polar surface area (TPSA) is 78.9 Å². The van der Waals surface area contributed by atoms with Crippen LogP contribution in [0.3, 0.4) is 0 Å². The average Bonchev–Trinajstić information content (AvgIpc) is 3.30. The largest absolute Gasteiger partial charge is 0.462 e. The van der Waals surface area contributed by atoms with Gasteiger partial charge in [0.2, 0.25) is 0 Å². The van der Waals surface area contributed by atoms with Crippen LogP contribution in [0.2, 0.25) is 0 Å². The van der Waals surface area contributed by atoms with Crippen LogP contribution < -0.4 is 0 Å². The van der Waals surface area contributed by atoms with Crippen molar-refractivity contribution < 1.29 is 28.6 Å². The number of esters is 3. The molecule has 0 aromatic rings. The van der Waals surface area contributed by atoms with E-state index in [0.29, 0.717) is 19.3 Å². The van der Waals surface area contributed by atoms with Crippen LogP contribution in [0, 0.1) is 0 Å². The fourth-order valence-corrected chi connectivity index (χ4v) is 7.10. The second-order valence-electron chi connectivity index (χ2n) is 17.5. The summed E-state index contributed by atoms with van der Waals surface area (Å²) >= 11 is 0. The molecule has 0 saturated carbocycles. The molecule has 0 fully saturated rings. The SMILES string of the molecule is CC/C=C\C/C=C\C/C=C\CCCCCCCCC(=O)OC(COC(=O)CC/C=C\C/C=C\CCCCCCCC)COC(=O)CCCCCCC\C=C/C=C\C=C/CCCCCCC. The Morgan fingerprint density at radius 3 is 1.15 bits per heavy atom. The van der Waals surface area contributed by atoms with Crippen molar-refractivity contribution in [3.63, 3.8) is 0 Å². The molecule has 0 radical (unpaired) electrons. The summed E-state index contributed by atoms with van der Waals surface area (Å²) in [6.45, 7) is 6.42. The van der Waals surface area contributed by atoms with E-state index in [9.17, 15) is 14.4 Å². The molecule has 0 aliphatic carbocycles. The maximum absolute atomic E-state index is 12.8. The normalized spacial score (nSPS) is 12.8. The summed E-state index contributed by atoms with van der Waals surface area (Å²) < 4.78 is 16.7. The molecule has 6 nitrogen and oxygen atoms in total. The first kappa shape index (κ1) is 61.3. The summed E-state index contributed by atoms with van der Waals surface area (Å²) in [5, 5.41) is 0. The molecule has 6 heteroatoms. The van der Waals surface area contributed by atoms with Gasteiger partial charge < -0.3 is 14.2 Å². The van der Waals surface area contributed by atoms with E-state index in [1.807, 2.05) is 6.08 Å². The number of allylic oxidation sites excluding steroid dienone is 16. The van der Waals surface area contributed by atoms with Gasteiger partial charge in [0.05, 0.1) is 0 Å². The van der Waals surface area contributed by atoms with Crippen molar-refractivity contribution >= 4 is 17.9 Å². The van der Waals surface area contributed by atoms with Crippen molar-refractivity contribution in [1.82, 2.24) is 0 Å². The van der Waals surface area contributed by atoms with E-state index in [2.05, 4.69) is 112 Å². The van der Waals surface area contributed by atoms with Crippen molar-refractivity contribution in [2.24, 2.45) is 0 Å². The first-order valence-electron chi connectivity index (χ1n) is 26.8. The maximum Gasteiger partial charge on any atom is 0.306 e. The minimum absolute atomic E-state index is 0.112. The monoisotopic (exact) mass is 903 g/mol. The van der Waals surface area contributed by atoms with Gasteiger partial charge in [0, 0.05) is 19.3 Å². The number of hydrogen-bond donors (Lipinski definition) is 0. The molecular weight excluding hydrogens is 805 g/mol. The van der Waals surface area contributed by atoms with Gasteiger partial charge in [0.25, 0.3) is 0 Å². The van der Waals surface area contributed by atoms with E-state index in [1.165, 1.54) is 83.5 Å². The number of ether oxygens (including phenoxy) is 3. The Kier molecular flexibility index (Phi) is 50.0. The van der Waals surface area contributed by atoms with Gasteiger partial charge in [-0.05, 0) is 96.3 Å². The van der Waals surface area contributed by atoms with E-state index in [0.717, 1.165) is 109 Å². The van der Waals surface area contributed by atoms with Gasteiger partial charge in [-0.15, -0.1) is 0 Å². The Hall–Kier alpha value is -3.67. The predicted molar refractivity (Wildman–Crippen MR) is 279 cm³/mol. The van der Waals surface area contributed by atoms with E-state index in [1.54, 1.807) is 0 Å². The Labute approximate surface area is 400 Å². The zero-order chi connectivity index (χ0) is 47.2. The van der Waals surface area contributed by atoms with Gasteiger partial charge in [-0.25, -0.2) is 0 Å². The van der Waals surface area contributed by atoms with Gasteiger partial charge >= 0.3 is 17.9 Å². The summed E-state index contributed by atoms with van der Waals surface area (Å²) in [6.07, 6.45) is 69.7. The molecule has 1 unspecified atom stereocenters. The highest BCUT2D eigenvalue weighted by Crippen LogP contribution is 2.13. The molecule has 0 saturated heterocycles. The van der Waals surface area contributed by atoms with E-state index in [4.69, 9.17) is 14.2 Å². The zero-order valence-electron chi connectivity index (χ0n) is 42.2.